The zero-order chi connectivity index (χ0) is 10.9. The molecule has 0 radical (unpaired) electrons. The quantitative estimate of drug-likeness (QED) is 0.751. The fourth-order valence-electron chi connectivity index (χ4n) is 2.52. The summed E-state index contributed by atoms with van der Waals surface area (Å²) >= 11 is 0. The molecule has 0 aromatic heterocycles. The summed E-state index contributed by atoms with van der Waals surface area (Å²) in [4.78, 5) is 0. The minimum absolute atomic E-state index is 0.216. The van der Waals surface area contributed by atoms with E-state index in [2.05, 4.69) is 0 Å². The molecule has 15 heavy (non-hydrogen) atoms. The first-order valence-corrected chi connectivity index (χ1v) is 5.61. The maximum atomic E-state index is 13.1. The van der Waals surface area contributed by atoms with Gasteiger partial charge in [0.05, 0.1) is 5.60 Å². The summed E-state index contributed by atoms with van der Waals surface area (Å²) < 4.78 is 13.1. The van der Waals surface area contributed by atoms with Gasteiger partial charge in [-0.05, 0) is 36.5 Å². The minimum atomic E-state index is -0.819. The van der Waals surface area contributed by atoms with Gasteiger partial charge in [-0.3, -0.25) is 0 Å². The van der Waals surface area contributed by atoms with E-state index < -0.39 is 5.60 Å². The van der Waals surface area contributed by atoms with Gasteiger partial charge in [0, 0.05) is 0 Å². The molecule has 1 aliphatic rings. The van der Waals surface area contributed by atoms with Crippen LogP contribution in [0, 0.1) is 11.7 Å². The number of aliphatic hydroxyl groups is 1. The molecule has 0 heterocycles. The Morgan fingerprint density at radius 3 is 2.87 bits per heavy atom. The monoisotopic (exact) mass is 208 g/mol. The molecule has 1 aliphatic carbocycles. The van der Waals surface area contributed by atoms with E-state index >= 15 is 0 Å². The molecule has 1 aromatic rings. The first kappa shape index (κ1) is 10.6. The lowest BCUT2D eigenvalue weighted by Crippen LogP contribution is -2.36. The van der Waals surface area contributed by atoms with Crippen molar-refractivity contribution in [2.24, 2.45) is 5.92 Å². The fourth-order valence-corrected chi connectivity index (χ4v) is 2.52. The summed E-state index contributed by atoms with van der Waals surface area (Å²) in [6.07, 6.45) is 3.96. The molecular weight excluding hydrogens is 191 g/mol. The molecule has 0 saturated heterocycles. The lowest BCUT2D eigenvalue weighted by Gasteiger charge is -2.38. The summed E-state index contributed by atoms with van der Waals surface area (Å²) in [6, 6.07) is 6.37. The van der Waals surface area contributed by atoms with Gasteiger partial charge in [-0.25, -0.2) is 4.39 Å². The second-order valence-corrected chi connectivity index (χ2v) is 4.58. The van der Waals surface area contributed by atoms with Crippen LogP contribution in [0.15, 0.2) is 24.3 Å². The molecule has 1 fully saturated rings. The number of halogens is 1. The predicted molar refractivity (Wildman–Crippen MR) is 57.9 cm³/mol. The standard InChI is InChI=1S/C13H17FO/c1-10-5-2-3-8-13(10,15)11-6-4-7-12(14)9-11/h4,6-7,9-10,15H,2-3,5,8H2,1H3/t10-,13+/m1/s1. The molecule has 1 saturated carbocycles. The minimum Gasteiger partial charge on any atom is -0.385 e. The van der Waals surface area contributed by atoms with Crippen LogP contribution in [-0.4, -0.2) is 5.11 Å². The maximum absolute atomic E-state index is 13.1. The van der Waals surface area contributed by atoms with Crippen LogP contribution in [0.1, 0.15) is 38.2 Å². The van der Waals surface area contributed by atoms with Gasteiger partial charge in [-0.15, -0.1) is 0 Å². The van der Waals surface area contributed by atoms with Gasteiger partial charge in [-0.1, -0.05) is 31.9 Å². The largest absolute Gasteiger partial charge is 0.385 e. The number of rotatable bonds is 1. The molecule has 0 bridgehead atoms. The van der Waals surface area contributed by atoms with Crippen molar-refractivity contribution in [1.82, 2.24) is 0 Å². The SMILES string of the molecule is C[C@@H]1CCCC[C@@]1(O)c1cccc(F)c1. The lowest BCUT2D eigenvalue weighted by atomic mass is 9.72. The highest BCUT2D eigenvalue weighted by atomic mass is 19.1. The highest BCUT2D eigenvalue weighted by Crippen LogP contribution is 2.41. The first-order valence-electron chi connectivity index (χ1n) is 5.61. The number of benzene rings is 1. The molecule has 0 aliphatic heterocycles. The Morgan fingerprint density at radius 2 is 2.20 bits per heavy atom. The predicted octanol–water partition coefficient (Wildman–Crippen LogP) is 3.22. The molecule has 2 rings (SSSR count). The van der Waals surface area contributed by atoms with Gasteiger partial charge in [0.25, 0.3) is 0 Å². The molecule has 0 spiro atoms. The van der Waals surface area contributed by atoms with E-state index in [1.54, 1.807) is 6.07 Å². The number of hydrogen-bond acceptors (Lipinski definition) is 1. The summed E-state index contributed by atoms with van der Waals surface area (Å²) in [5.41, 5.74) is -0.0879. The van der Waals surface area contributed by atoms with E-state index in [4.69, 9.17) is 0 Å². The Hall–Kier alpha value is -0.890. The van der Waals surface area contributed by atoms with E-state index in [9.17, 15) is 9.50 Å². The third kappa shape index (κ3) is 1.91. The van der Waals surface area contributed by atoms with Crippen LogP contribution in [0.2, 0.25) is 0 Å². The van der Waals surface area contributed by atoms with E-state index in [1.165, 1.54) is 18.6 Å². The molecule has 2 atom stereocenters. The van der Waals surface area contributed by atoms with Gasteiger partial charge in [0.1, 0.15) is 5.82 Å². The van der Waals surface area contributed by atoms with Crippen LogP contribution in [0.4, 0.5) is 4.39 Å². The van der Waals surface area contributed by atoms with Crippen LogP contribution in [0.5, 0.6) is 0 Å². The summed E-state index contributed by atoms with van der Waals surface area (Å²) in [5, 5.41) is 10.6. The second kappa shape index (κ2) is 3.93. The summed E-state index contributed by atoms with van der Waals surface area (Å²) in [5.74, 6) is -0.0493. The number of hydrogen-bond donors (Lipinski definition) is 1. The van der Waals surface area contributed by atoms with Crippen molar-refractivity contribution >= 4 is 0 Å². The summed E-state index contributed by atoms with van der Waals surface area (Å²) in [6.45, 7) is 2.05. The average molecular weight is 208 g/mol. The zero-order valence-electron chi connectivity index (χ0n) is 9.04. The normalized spacial score (nSPS) is 31.5. The third-order valence-electron chi connectivity index (χ3n) is 3.58. The molecule has 1 N–H and O–H groups in total. The van der Waals surface area contributed by atoms with Crippen LogP contribution < -0.4 is 0 Å². The van der Waals surface area contributed by atoms with E-state index in [1.807, 2.05) is 13.0 Å². The van der Waals surface area contributed by atoms with Crippen molar-refractivity contribution in [2.45, 2.75) is 38.2 Å². The van der Waals surface area contributed by atoms with Gasteiger partial charge < -0.3 is 5.11 Å². The van der Waals surface area contributed by atoms with Gasteiger partial charge in [0.2, 0.25) is 0 Å². The zero-order valence-corrected chi connectivity index (χ0v) is 9.04. The van der Waals surface area contributed by atoms with Crippen molar-refractivity contribution in [1.29, 1.82) is 0 Å². The molecule has 0 amide bonds. The van der Waals surface area contributed by atoms with Gasteiger partial charge in [-0.2, -0.15) is 0 Å². The van der Waals surface area contributed by atoms with Crippen LogP contribution in [-0.2, 0) is 5.60 Å². The van der Waals surface area contributed by atoms with Crippen LogP contribution >= 0.6 is 0 Å². The molecule has 0 unspecified atom stereocenters. The van der Waals surface area contributed by atoms with Crippen molar-refractivity contribution in [3.63, 3.8) is 0 Å². The molecule has 82 valence electrons. The molecular formula is C13H17FO. The Kier molecular flexibility index (Phi) is 2.79. The van der Waals surface area contributed by atoms with Crippen LogP contribution in [0.3, 0.4) is 0 Å². The van der Waals surface area contributed by atoms with E-state index in [-0.39, 0.29) is 11.7 Å². The van der Waals surface area contributed by atoms with Gasteiger partial charge in [0.15, 0.2) is 0 Å². The highest BCUT2D eigenvalue weighted by molar-refractivity contribution is 5.24. The first-order chi connectivity index (χ1) is 7.13. The molecule has 1 nitrogen and oxygen atoms in total. The Bertz CT molecular complexity index is 350. The highest BCUT2D eigenvalue weighted by Gasteiger charge is 2.37. The van der Waals surface area contributed by atoms with Crippen molar-refractivity contribution in [3.05, 3.63) is 35.6 Å². The van der Waals surface area contributed by atoms with E-state index in [0.717, 1.165) is 24.8 Å². The van der Waals surface area contributed by atoms with Crippen molar-refractivity contribution in [2.75, 3.05) is 0 Å². The van der Waals surface area contributed by atoms with Crippen molar-refractivity contribution < 1.29 is 9.50 Å². The maximum Gasteiger partial charge on any atom is 0.123 e. The molecule has 1 aromatic carbocycles. The Balaban J connectivity index is 2.34. The fraction of sp³-hybridized carbons (Fsp3) is 0.538. The Morgan fingerprint density at radius 1 is 1.40 bits per heavy atom. The van der Waals surface area contributed by atoms with E-state index in [0.29, 0.717) is 0 Å². The van der Waals surface area contributed by atoms with Crippen molar-refractivity contribution in [3.8, 4) is 0 Å². The topological polar surface area (TPSA) is 20.2 Å². The Labute approximate surface area is 89.9 Å². The average Bonchev–Trinajstić information content (AvgIpc) is 2.23. The third-order valence-corrected chi connectivity index (χ3v) is 3.58. The van der Waals surface area contributed by atoms with Crippen LogP contribution in [0.25, 0.3) is 0 Å². The second-order valence-electron chi connectivity index (χ2n) is 4.58. The van der Waals surface area contributed by atoms with Gasteiger partial charge >= 0.3 is 0 Å². The smallest absolute Gasteiger partial charge is 0.123 e. The lowest BCUT2D eigenvalue weighted by molar-refractivity contribution is -0.0471. The summed E-state index contributed by atoms with van der Waals surface area (Å²) in [7, 11) is 0. The molecule has 2 heteroatoms.